The molecule has 1 amide bonds. The number of amides is 1. The normalized spacial score (nSPS) is 10.2. The number of nitrogens with one attached hydrogen (secondary N) is 1. The van der Waals surface area contributed by atoms with Gasteiger partial charge in [-0.1, -0.05) is 0 Å². The fourth-order valence-electron chi connectivity index (χ4n) is 1.40. The Morgan fingerprint density at radius 3 is 2.94 bits per heavy atom. The van der Waals surface area contributed by atoms with E-state index in [4.69, 9.17) is 4.42 Å². The SMILES string of the molecule is Cc1ccc(CNC(=O)c2cncc(O)c2)o1. The molecule has 5 nitrogen and oxygen atoms in total. The van der Waals surface area contributed by atoms with Crippen molar-refractivity contribution in [3.05, 3.63) is 47.7 Å². The highest BCUT2D eigenvalue weighted by Crippen LogP contribution is 2.09. The zero-order chi connectivity index (χ0) is 12.3. The minimum absolute atomic E-state index is 0.0357. The van der Waals surface area contributed by atoms with Gasteiger partial charge in [-0.05, 0) is 25.1 Å². The van der Waals surface area contributed by atoms with Gasteiger partial charge in [0.15, 0.2) is 0 Å². The quantitative estimate of drug-likeness (QED) is 0.843. The van der Waals surface area contributed by atoms with E-state index in [9.17, 15) is 9.90 Å². The Morgan fingerprint density at radius 1 is 1.47 bits per heavy atom. The third-order valence-electron chi connectivity index (χ3n) is 2.21. The van der Waals surface area contributed by atoms with Crippen LogP contribution in [0.2, 0.25) is 0 Å². The van der Waals surface area contributed by atoms with Crippen LogP contribution in [0.15, 0.2) is 35.0 Å². The fourth-order valence-corrected chi connectivity index (χ4v) is 1.40. The molecule has 0 spiro atoms. The third kappa shape index (κ3) is 2.84. The predicted octanol–water partition coefficient (Wildman–Crippen LogP) is 1.62. The summed E-state index contributed by atoms with van der Waals surface area (Å²) in [5.74, 6) is 1.14. The monoisotopic (exact) mass is 232 g/mol. The maximum atomic E-state index is 11.7. The van der Waals surface area contributed by atoms with Crippen molar-refractivity contribution in [2.45, 2.75) is 13.5 Å². The van der Waals surface area contributed by atoms with E-state index in [2.05, 4.69) is 10.3 Å². The minimum atomic E-state index is -0.303. The van der Waals surface area contributed by atoms with Crippen molar-refractivity contribution in [1.29, 1.82) is 0 Å². The van der Waals surface area contributed by atoms with E-state index in [1.54, 1.807) is 6.07 Å². The number of rotatable bonds is 3. The summed E-state index contributed by atoms with van der Waals surface area (Å²) < 4.78 is 5.31. The number of furan rings is 1. The molecule has 2 N–H and O–H groups in total. The molecule has 0 fully saturated rings. The highest BCUT2D eigenvalue weighted by molar-refractivity contribution is 5.94. The molecular formula is C12H12N2O3. The standard InChI is InChI=1S/C12H12N2O3/c1-8-2-3-11(17-8)7-14-12(16)9-4-10(15)6-13-5-9/h2-6,15H,7H2,1H3,(H,14,16). The van der Waals surface area contributed by atoms with Crippen molar-refractivity contribution in [2.75, 3.05) is 0 Å². The number of pyridine rings is 1. The average Bonchev–Trinajstić information content (AvgIpc) is 2.72. The Hall–Kier alpha value is -2.30. The van der Waals surface area contributed by atoms with Crippen LogP contribution >= 0.6 is 0 Å². The lowest BCUT2D eigenvalue weighted by Gasteiger charge is -2.03. The Morgan fingerprint density at radius 2 is 2.29 bits per heavy atom. The maximum absolute atomic E-state index is 11.7. The van der Waals surface area contributed by atoms with Crippen molar-refractivity contribution in [3.8, 4) is 5.75 Å². The Bertz CT molecular complexity index is 534. The minimum Gasteiger partial charge on any atom is -0.506 e. The highest BCUT2D eigenvalue weighted by atomic mass is 16.3. The first-order chi connectivity index (χ1) is 8.15. The Kier molecular flexibility index (Phi) is 3.09. The van der Waals surface area contributed by atoms with Crippen LogP contribution in [0.3, 0.4) is 0 Å². The molecule has 88 valence electrons. The van der Waals surface area contributed by atoms with E-state index >= 15 is 0 Å². The molecule has 0 radical (unpaired) electrons. The molecule has 0 aliphatic rings. The first-order valence-electron chi connectivity index (χ1n) is 5.12. The van der Waals surface area contributed by atoms with Gasteiger partial charge < -0.3 is 14.8 Å². The molecule has 0 aromatic carbocycles. The Balaban J connectivity index is 1.98. The van der Waals surface area contributed by atoms with Gasteiger partial charge in [0, 0.05) is 6.20 Å². The van der Waals surface area contributed by atoms with Gasteiger partial charge in [-0.3, -0.25) is 9.78 Å². The fraction of sp³-hybridized carbons (Fsp3) is 0.167. The molecular weight excluding hydrogens is 220 g/mol. The highest BCUT2D eigenvalue weighted by Gasteiger charge is 2.07. The van der Waals surface area contributed by atoms with Crippen molar-refractivity contribution in [2.24, 2.45) is 0 Å². The van der Waals surface area contributed by atoms with Crippen LogP contribution in [0.5, 0.6) is 5.75 Å². The van der Waals surface area contributed by atoms with E-state index in [1.807, 2.05) is 13.0 Å². The average molecular weight is 232 g/mol. The summed E-state index contributed by atoms with van der Waals surface area (Å²) in [6.07, 6.45) is 2.66. The number of nitrogens with zero attached hydrogens (tertiary/aromatic N) is 1. The number of carbonyl (C=O) groups excluding carboxylic acids is 1. The summed E-state index contributed by atoms with van der Waals surface area (Å²) in [5.41, 5.74) is 0.313. The first-order valence-corrected chi connectivity index (χ1v) is 5.12. The number of carbonyl (C=O) groups is 1. The van der Waals surface area contributed by atoms with Gasteiger partial charge in [0.25, 0.3) is 5.91 Å². The topological polar surface area (TPSA) is 75.4 Å². The van der Waals surface area contributed by atoms with E-state index in [0.29, 0.717) is 17.9 Å². The van der Waals surface area contributed by atoms with Gasteiger partial charge in [0.2, 0.25) is 0 Å². The van der Waals surface area contributed by atoms with Crippen LogP contribution in [0, 0.1) is 6.92 Å². The van der Waals surface area contributed by atoms with Gasteiger partial charge in [0.1, 0.15) is 17.3 Å². The van der Waals surface area contributed by atoms with Crippen LogP contribution in [0.4, 0.5) is 0 Å². The largest absolute Gasteiger partial charge is 0.506 e. The predicted molar refractivity (Wildman–Crippen MR) is 60.5 cm³/mol. The zero-order valence-electron chi connectivity index (χ0n) is 9.30. The summed E-state index contributed by atoms with van der Waals surface area (Å²) in [4.78, 5) is 15.4. The second-order valence-electron chi connectivity index (χ2n) is 3.63. The molecule has 2 heterocycles. The third-order valence-corrected chi connectivity index (χ3v) is 2.21. The summed E-state index contributed by atoms with van der Waals surface area (Å²) >= 11 is 0. The van der Waals surface area contributed by atoms with Crippen LogP contribution in [0.25, 0.3) is 0 Å². The molecule has 2 aromatic heterocycles. The van der Waals surface area contributed by atoms with E-state index in [0.717, 1.165) is 5.76 Å². The molecule has 17 heavy (non-hydrogen) atoms. The molecule has 0 aliphatic heterocycles. The van der Waals surface area contributed by atoms with Gasteiger partial charge >= 0.3 is 0 Å². The summed E-state index contributed by atoms with van der Waals surface area (Å²) in [6.45, 7) is 2.15. The first kappa shape index (κ1) is 11.2. The summed E-state index contributed by atoms with van der Waals surface area (Å²) in [5, 5.41) is 11.9. The van der Waals surface area contributed by atoms with Crippen LogP contribution in [-0.4, -0.2) is 16.0 Å². The van der Waals surface area contributed by atoms with Gasteiger partial charge in [0.05, 0.1) is 18.3 Å². The van der Waals surface area contributed by atoms with E-state index in [1.165, 1.54) is 18.5 Å². The van der Waals surface area contributed by atoms with Crippen LogP contribution in [-0.2, 0) is 6.54 Å². The molecule has 0 aliphatic carbocycles. The Labute approximate surface area is 98.1 Å². The van der Waals surface area contributed by atoms with Crippen LogP contribution in [0.1, 0.15) is 21.9 Å². The molecule has 0 atom stereocenters. The smallest absolute Gasteiger partial charge is 0.253 e. The van der Waals surface area contributed by atoms with Crippen molar-refractivity contribution < 1.29 is 14.3 Å². The number of aryl methyl sites for hydroxylation is 1. The van der Waals surface area contributed by atoms with Crippen molar-refractivity contribution in [3.63, 3.8) is 0 Å². The van der Waals surface area contributed by atoms with Crippen molar-refractivity contribution in [1.82, 2.24) is 10.3 Å². The number of hydrogen-bond acceptors (Lipinski definition) is 4. The molecule has 0 saturated carbocycles. The second-order valence-corrected chi connectivity index (χ2v) is 3.63. The maximum Gasteiger partial charge on any atom is 0.253 e. The zero-order valence-corrected chi connectivity index (χ0v) is 9.30. The second kappa shape index (κ2) is 4.69. The van der Waals surface area contributed by atoms with E-state index in [-0.39, 0.29) is 11.7 Å². The summed E-state index contributed by atoms with van der Waals surface area (Å²) in [6, 6.07) is 4.99. The molecule has 0 unspecified atom stereocenters. The lowest BCUT2D eigenvalue weighted by atomic mass is 10.2. The molecule has 2 aromatic rings. The van der Waals surface area contributed by atoms with Gasteiger partial charge in [-0.15, -0.1) is 0 Å². The summed E-state index contributed by atoms with van der Waals surface area (Å²) in [7, 11) is 0. The number of aromatic hydroxyl groups is 1. The number of aromatic nitrogens is 1. The van der Waals surface area contributed by atoms with E-state index < -0.39 is 0 Å². The van der Waals surface area contributed by atoms with Gasteiger partial charge in [-0.25, -0.2) is 0 Å². The van der Waals surface area contributed by atoms with Gasteiger partial charge in [-0.2, -0.15) is 0 Å². The molecule has 2 rings (SSSR count). The molecule has 0 saturated heterocycles. The van der Waals surface area contributed by atoms with Crippen molar-refractivity contribution >= 4 is 5.91 Å². The molecule has 5 heteroatoms. The number of hydrogen-bond donors (Lipinski definition) is 2. The molecule has 0 bridgehead atoms. The lowest BCUT2D eigenvalue weighted by molar-refractivity contribution is 0.0947. The van der Waals surface area contributed by atoms with Crippen LogP contribution < -0.4 is 5.32 Å². The lowest BCUT2D eigenvalue weighted by Crippen LogP contribution is -2.22.